The van der Waals surface area contributed by atoms with Gasteiger partial charge in [0.2, 0.25) is 0 Å². The van der Waals surface area contributed by atoms with Crippen LogP contribution < -0.4 is 14.8 Å². The maximum Gasteiger partial charge on any atom is 0.453 e. The van der Waals surface area contributed by atoms with Crippen molar-refractivity contribution in [3.05, 3.63) is 58.6 Å². The van der Waals surface area contributed by atoms with Crippen molar-refractivity contribution in [3.8, 4) is 11.5 Å². The van der Waals surface area contributed by atoms with Crippen LogP contribution in [0.25, 0.3) is 0 Å². The second-order valence-corrected chi connectivity index (χ2v) is 7.20. The van der Waals surface area contributed by atoms with Crippen LogP contribution in [0.1, 0.15) is 24.2 Å². The Kier molecular flexibility index (Phi) is 5.97. The van der Waals surface area contributed by atoms with Crippen molar-refractivity contribution in [1.29, 1.82) is 0 Å². The van der Waals surface area contributed by atoms with Crippen molar-refractivity contribution in [2.75, 3.05) is 6.54 Å². The Morgan fingerprint density at radius 1 is 1.14 bits per heavy atom. The van der Waals surface area contributed by atoms with Crippen LogP contribution >= 0.6 is 11.6 Å². The number of benzene rings is 2. The Labute approximate surface area is 171 Å². The summed E-state index contributed by atoms with van der Waals surface area (Å²) in [4.78, 5) is 22.8. The first-order valence-electron chi connectivity index (χ1n) is 8.86. The average molecular weight is 422 g/mol. The molecule has 0 radical (unpaired) electrons. The highest BCUT2D eigenvalue weighted by molar-refractivity contribution is 6.30. The number of carboxylic acids is 2. The minimum Gasteiger partial charge on any atom is -0.475 e. The summed E-state index contributed by atoms with van der Waals surface area (Å²) in [5.41, 5.74) is 1.27. The molecule has 0 bridgehead atoms. The number of hydrogen-bond donors (Lipinski definition) is 4. The second-order valence-electron chi connectivity index (χ2n) is 6.76. The van der Waals surface area contributed by atoms with E-state index in [0.717, 1.165) is 0 Å². The lowest BCUT2D eigenvalue weighted by Gasteiger charge is -2.19. The smallest absolute Gasteiger partial charge is 0.453 e. The number of ether oxygens (including phenoxy) is 2. The highest BCUT2D eigenvalue weighted by Gasteiger charge is 2.58. The summed E-state index contributed by atoms with van der Waals surface area (Å²) in [7, 11) is 0. The molecule has 0 aliphatic carbocycles. The third-order valence-electron chi connectivity index (χ3n) is 4.54. The van der Waals surface area contributed by atoms with Crippen LogP contribution in [0.3, 0.4) is 0 Å². The van der Waals surface area contributed by atoms with Gasteiger partial charge in [-0.2, -0.15) is 0 Å². The van der Waals surface area contributed by atoms with Crippen LogP contribution in [0.5, 0.6) is 11.5 Å². The first-order chi connectivity index (χ1) is 13.7. The molecule has 0 saturated carbocycles. The van der Waals surface area contributed by atoms with Gasteiger partial charge in [-0.05, 0) is 42.7 Å². The SMILES string of the molecule is C[C@H](Cc1cccc2c1OC(C(=O)O)(C(=O)O)O2)NC[C@H](O)c1cccc(Cl)c1. The van der Waals surface area contributed by atoms with Crippen molar-refractivity contribution in [1.82, 2.24) is 5.32 Å². The van der Waals surface area contributed by atoms with Gasteiger partial charge in [0.15, 0.2) is 11.5 Å². The number of hydrogen-bond acceptors (Lipinski definition) is 6. The van der Waals surface area contributed by atoms with Gasteiger partial charge >= 0.3 is 17.7 Å². The van der Waals surface area contributed by atoms with Crippen molar-refractivity contribution >= 4 is 23.5 Å². The quantitative estimate of drug-likeness (QED) is 0.478. The number of fused-ring (bicyclic) bond motifs is 1. The number of aliphatic hydroxyl groups excluding tert-OH is 1. The molecule has 3 rings (SSSR count). The lowest BCUT2D eigenvalue weighted by atomic mass is 10.0. The molecule has 1 heterocycles. The summed E-state index contributed by atoms with van der Waals surface area (Å²) in [6.45, 7) is 2.14. The molecule has 4 N–H and O–H groups in total. The summed E-state index contributed by atoms with van der Waals surface area (Å²) in [6, 6.07) is 11.6. The van der Waals surface area contributed by atoms with Gasteiger partial charge in [-0.25, -0.2) is 9.59 Å². The second kappa shape index (κ2) is 8.28. The topological polar surface area (TPSA) is 125 Å². The van der Waals surface area contributed by atoms with Crippen LogP contribution in [0, 0.1) is 0 Å². The van der Waals surface area contributed by atoms with Gasteiger partial charge in [-0.3, -0.25) is 0 Å². The minimum atomic E-state index is -2.79. The highest BCUT2D eigenvalue weighted by Crippen LogP contribution is 2.42. The Bertz CT molecular complexity index is 919. The molecular formula is C20H20ClNO7. The number of carbonyl (C=O) groups is 2. The summed E-state index contributed by atoms with van der Waals surface area (Å²) < 4.78 is 10.4. The Morgan fingerprint density at radius 2 is 1.83 bits per heavy atom. The number of aliphatic carboxylic acids is 2. The minimum absolute atomic E-state index is 0.0541. The zero-order chi connectivity index (χ0) is 21.2. The highest BCUT2D eigenvalue weighted by atomic mass is 35.5. The Morgan fingerprint density at radius 3 is 2.48 bits per heavy atom. The lowest BCUT2D eigenvalue weighted by Crippen LogP contribution is -2.54. The molecule has 29 heavy (non-hydrogen) atoms. The standard InChI is InChI=1S/C20H20ClNO7/c1-11(22-10-15(23)12-4-2-6-14(21)9-12)8-13-5-3-7-16-17(13)29-20(28-16,18(24)25)19(26)27/h2-7,9,11,15,22-23H,8,10H2,1H3,(H,24,25)(H,26,27)/t11-,15+/m1/s1. The zero-order valence-electron chi connectivity index (χ0n) is 15.5. The van der Waals surface area contributed by atoms with Gasteiger partial charge < -0.3 is 30.1 Å². The summed E-state index contributed by atoms with van der Waals surface area (Å²) in [5, 5.41) is 32.6. The molecule has 0 aromatic heterocycles. The van der Waals surface area contributed by atoms with Crippen LogP contribution in [0.2, 0.25) is 5.02 Å². The van der Waals surface area contributed by atoms with E-state index in [1.54, 1.807) is 36.4 Å². The average Bonchev–Trinajstić information content (AvgIpc) is 3.08. The van der Waals surface area contributed by atoms with Gasteiger partial charge in [0.25, 0.3) is 0 Å². The van der Waals surface area contributed by atoms with Gasteiger partial charge in [-0.1, -0.05) is 35.9 Å². The number of aliphatic hydroxyl groups is 1. The first kappa shape index (κ1) is 20.9. The van der Waals surface area contributed by atoms with Crippen LogP contribution in [-0.4, -0.2) is 45.6 Å². The van der Waals surface area contributed by atoms with Gasteiger partial charge in [0.05, 0.1) is 6.10 Å². The monoisotopic (exact) mass is 421 g/mol. The maximum atomic E-state index is 11.4. The molecule has 0 unspecified atom stereocenters. The fourth-order valence-electron chi connectivity index (χ4n) is 3.05. The van der Waals surface area contributed by atoms with Crippen LogP contribution in [-0.2, 0) is 16.0 Å². The number of carboxylic acid groups (broad SMARTS) is 2. The molecule has 1 aliphatic heterocycles. The summed E-state index contributed by atoms with van der Waals surface area (Å²) in [5.74, 6) is -6.15. The van der Waals surface area contributed by atoms with E-state index in [2.05, 4.69) is 5.32 Å². The van der Waals surface area contributed by atoms with E-state index < -0.39 is 23.8 Å². The maximum absolute atomic E-state index is 11.4. The molecule has 154 valence electrons. The lowest BCUT2D eigenvalue weighted by molar-refractivity contribution is -0.194. The Hall–Kier alpha value is -2.81. The molecular weight excluding hydrogens is 402 g/mol. The third kappa shape index (κ3) is 4.29. The fourth-order valence-corrected chi connectivity index (χ4v) is 3.25. The van der Waals surface area contributed by atoms with Crippen LogP contribution in [0.15, 0.2) is 42.5 Å². The zero-order valence-corrected chi connectivity index (χ0v) is 16.2. The predicted molar refractivity (Wildman–Crippen MR) is 103 cm³/mol. The molecule has 9 heteroatoms. The van der Waals surface area contributed by atoms with Crippen LogP contribution in [0.4, 0.5) is 0 Å². The van der Waals surface area contributed by atoms with Gasteiger partial charge in [0.1, 0.15) is 0 Å². The molecule has 0 fully saturated rings. The third-order valence-corrected chi connectivity index (χ3v) is 4.78. The molecule has 1 aliphatic rings. The number of nitrogens with one attached hydrogen (secondary N) is 1. The number of rotatable bonds is 8. The largest absolute Gasteiger partial charge is 0.475 e. The van der Waals surface area contributed by atoms with Crippen molar-refractivity contribution in [3.63, 3.8) is 0 Å². The number of para-hydroxylation sites is 1. The summed E-state index contributed by atoms with van der Waals surface area (Å²) >= 11 is 5.94. The molecule has 2 aromatic rings. The van der Waals surface area contributed by atoms with E-state index in [-0.39, 0.29) is 24.1 Å². The van der Waals surface area contributed by atoms with Crippen molar-refractivity contribution in [2.45, 2.75) is 31.3 Å². The molecule has 2 atom stereocenters. The van der Waals surface area contributed by atoms with E-state index in [1.165, 1.54) is 6.07 Å². The van der Waals surface area contributed by atoms with E-state index in [0.29, 0.717) is 22.6 Å². The Balaban J connectivity index is 1.67. The first-order valence-corrected chi connectivity index (χ1v) is 9.24. The van der Waals surface area contributed by atoms with E-state index >= 15 is 0 Å². The van der Waals surface area contributed by atoms with Crippen molar-refractivity contribution < 1.29 is 34.4 Å². The molecule has 0 saturated heterocycles. The van der Waals surface area contributed by atoms with E-state index in [4.69, 9.17) is 21.1 Å². The normalized spacial score (nSPS) is 16.2. The molecule has 2 aromatic carbocycles. The van der Waals surface area contributed by atoms with E-state index in [9.17, 15) is 24.9 Å². The van der Waals surface area contributed by atoms with E-state index in [1.807, 2.05) is 6.92 Å². The molecule has 0 amide bonds. The number of halogens is 1. The molecule has 0 spiro atoms. The fraction of sp³-hybridized carbons (Fsp3) is 0.300. The van der Waals surface area contributed by atoms with Gasteiger partial charge in [0, 0.05) is 17.6 Å². The predicted octanol–water partition coefficient (Wildman–Crippen LogP) is 2.23. The summed E-state index contributed by atoms with van der Waals surface area (Å²) in [6.07, 6.45) is -0.367. The van der Waals surface area contributed by atoms with Crippen molar-refractivity contribution in [2.24, 2.45) is 0 Å². The molecule has 8 nitrogen and oxygen atoms in total. The van der Waals surface area contributed by atoms with Gasteiger partial charge in [-0.15, -0.1) is 0 Å².